The van der Waals surface area contributed by atoms with Crippen LogP contribution in [0.15, 0.2) is 30.3 Å². The average molecular weight is 206 g/mol. The molecule has 1 aliphatic rings. The lowest BCUT2D eigenvalue weighted by molar-refractivity contribution is 0.137. The second-order valence-corrected chi connectivity index (χ2v) is 4.29. The van der Waals surface area contributed by atoms with Gasteiger partial charge in [-0.3, -0.25) is 0 Å². The summed E-state index contributed by atoms with van der Waals surface area (Å²) >= 11 is 0. The number of benzene rings is 1. The zero-order valence-electron chi connectivity index (χ0n) is 8.78. The largest absolute Gasteiger partial charge is 0.393 e. The van der Waals surface area contributed by atoms with E-state index < -0.39 is 0 Å². The molecule has 1 aromatic rings. The van der Waals surface area contributed by atoms with Crippen molar-refractivity contribution < 1.29 is 9.50 Å². The van der Waals surface area contributed by atoms with E-state index in [1.54, 1.807) is 12.1 Å². The first-order valence-electron chi connectivity index (χ1n) is 5.25. The Hall–Kier alpha value is -1.15. The molecule has 1 saturated carbocycles. The van der Waals surface area contributed by atoms with Crippen molar-refractivity contribution in [3.63, 3.8) is 0 Å². The van der Waals surface area contributed by atoms with E-state index in [0.29, 0.717) is 0 Å². The van der Waals surface area contributed by atoms with E-state index >= 15 is 0 Å². The maximum Gasteiger partial charge on any atom is 0.123 e. The molecule has 1 aliphatic carbocycles. The first-order chi connectivity index (χ1) is 7.12. The molecular weight excluding hydrogens is 191 g/mol. The van der Waals surface area contributed by atoms with E-state index in [0.717, 1.165) is 18.4 Å². The maximum atomic E-state index is 12.6. The SMILES string of the molecule is CC(O)C1(/C=C/c2ccc(F)cc2)CC1. The van der Waals surface area contributed by atoms with Crippen molar-refractivity contribution in [2.45, 2.75) is 25.9 Å². The smallest absolute Gasteiger partial charge is 0.123 e. The number of hydrogen-bond acceptors (Lipinski definition) is 1. The molecule has 0 bridgehead atoms. The minimum atomic E-state index is -0.297. The molecule has 0 aromatic heterocycles. The van der Waals surface area contributed by atoms with Crippen molar-refractivity contribution in [1.29, 1.82) is 0 Å². The molecule has 15 heavy (non-hydrogen) atoms. The zero-order valence-corrected chi connectivity index (χ0v) is 8.78. The van der Waals surface area contributed by atoms with Gasteiger partial charge in [0, 0.05) is 5.41 Å². The summed E-state index contributed by atoms with van der Waals surface area (Å²) in [5, 5.41) is 9.55. The van der Waals surface area contributed by atoms with Crippen LogP contribution in [0.5, 0.6) is 0 Å². The van der Waals surface area contributed by atoms with E-state index in [9.17, 15) is 9.50 Å². The predicted octanol–water partition coefficient (Wildman–Crippen LogP) is 3.00. The highest BCUT2D eigenvalue weighted by Gasteiger charge is 2.44. The van der Waals surface area contributed by atoms with Gasteiger partial charge in [-0.25, -0.2) is 4.39 Å². The molecule has 1 unspecified atom stereocenters. The molecule has 80 valence electrons. The number of aliphatic hydroxyl groups excluding tert-OH is 1. The summed E-state index contributed by atoms with van der Waals surface area (Å²) in [5.41, 5.74) is 0.956. The zero-order chi connectivity index (χ0) is 10.9. The van der Waals surface area contributed by atoms with Crippen LogP contribution in [0.4, 0.5) is 4.39 Å². The van der Waals surface area contributed by atoms with Crippen LogP contribution in [0.3, 0.4) is 0 Å². The van der Waals surface area contributed by atoms with Gasteiger partial charge in [-0.2, -0.15) is 0 Å². The molecule has 0 aliphatic heterocycles. The van der Waals surface area contributed by atoms with Crippen LogP contribution >= 0.6 is 0 Å². The fraction of sp³-hybridized carbons (Fsp3) is 0.385. The molecule has 1 atom stereocenters. The Bertz CT molecular complexity index is 361. The topological polar surface area (TPSA) is 20.2 Å². The van der Waals surface area contributed by atoms with Crippen LogP contribution in [0, 0.1) is 11.2 Å². The first-order valence-corrected chi connectivity index (χ1v) is 5.25. The molecule has 1 nitrogen and oxygen atoms in total. The van der Waals surface area contributed by atoms with E-state index in [4.69, 9.17) is 0 Å². The molecule has 1 N–H and O–H groups in total. The summed E-state index contributed by atoms with van der Waals surface area (Å²) < 4.78 is 12.6. The summed E-state index contributed by atoms with van der Waals surface area (Å²) in [6, 6.07) is 6.37. The standard InChI is InChI=1S/C13H15FO/c1-10(15)13(8-9-13)7-6-11-2-4-12(14)5-3-11/h2-7,10,15H,8-9H2,1H3/b7-6+. The van der Waals surface area contributed by atoms with Gasteiger partial charge in [-0.15, -0.1) is 0 Å². The van der Waals surface area contributed by atoms with Crippen LogP contribution in [0.1, 0.15) is 25.3 Å². The third kappa shape index (κ3) is 2.26. The Morgan fingerprint density at radius 2 is 1.93 bits per heavy atom. The van der Waals surface area contributed by atoms with Gasteiger partial charge in [0.2, 0.25) is 0 Å². The number of halogens is 1. The summed E-state index contributed by atoms with van der Waals surface area (Å²) in [6.45, 7) is 1.82. The van der Waals surface area contributed by atoms with Crippen LogP contribution < -0.4 is 0 Å². The van der Waals surface area contributed by atoms with Crippen molar-refractivity contribution in [2.24, 2.45) is 5.41 Å². The Kier molecular flexibility index (Phi) is 2.61. The lowest BCUT2D eigenvalue weighted by Gasteiger charge is -2.12. The normalized spacial score (nSPS) is 20.5. The highest BCUT2D eigenvalue weighted by molar-refractivity contribution is 5.50. The summed E-state index contributed by atoms with van der Waals surface area (Å²) in [6.07, 6.45) is 5.80. The molecule has 0 heterocycles. The highest BCUT2D eigenvalue weighted by atomic mass is 19.1. The Labute approximate surface area is 89.3 Å². The van der Waals surface area contributed by atoms with Crippen LogP contribution in [-0.4, -0.2) is 11.2 Å². The molecular formula is C13H15FO. The van der Waals surface area contributed by atoms with Gasteiger partial charge < -0.3 is 5.11 Å². The lowest BCUT2D eigenvalue weighted by Crippen LogP contribution is -2.14. The van der Waals surface area contributed by atoms with Gasteiger partial charge >= 0.3 is 0 Å². The Balaban J connectivity index is 2.09. The van der Waals surface area contributed by atoms with E-state index in [1.165, 1.54) is 12.1 Å². The second kappa shape index (κ2) is 3.78. The van der Waals surface area contributed by atoms with Crippen molar-refractivity contribution in [1.82, 2.24) is 0 Å². The molecule has 2 heteroatoms. The predicted molar refractivity (Wildman–Crippen MR) is 58.8 cm³/mol. The summed E-state index contributed by atoms with van der Waals surface area (Å²) in [4.78, 5) is 0. The maximum absolute atomic E-state index is 12.6. The van der Waals surface area contributed by atoms with Crippen LogP contribution in [0.2, 0.25) is 0 Å². The molecule has 0 radical (unpaired) electrons. The van der Waals surface area contributed by atoms with Gasteiger partial charge in [0.15, 0.2) is 0 Å². The Morgan fingerprint density at radius 3 is 2.40 bits per heavy atom. The number of hydrogen-bond donors (Lipinski definition) is 1. The lowest BCUT2D eigenvalue weighted by atomic mass is 9.99. The number of rotatable bonds is 3. The van der Waals surface area contributed by atoms with Crippen molar-refractivity contribution in [3.8, 4) is 0 Å². The van der Waals surface area contributed by atoms with Gasteiger partial charge in [-0.1, -0.05) is 24.3 Å². The van der Waals surface area contributed by atoms with Crippen molar-refractivity contribution >= 4 is 6.08 Å². The average Bonchev–Trinajstić information content (AvgIpc) is 2.98. The third-order valence-electron chi connectivity index (χ3n) is 3.14. The van der Waals surface area contributed by atoms with Crippen molar-refractivity contribution in [3.05, 3.63) is 41.7 Å². The third-order valence-corrected chi connectivity index (χ3v) is 3.14. The van der Waals surface area contributed by atoms with Crippen molar-refractivity contribution in [2.75, 3.05) is 0 Å². The minimum Gasteiger partial charge on any atom is -0.393 e. The molecule has 0 spiro atoms. The Morgan fingerprint density at radius 1 is 1.33 bits per heavy atom. The minimum absolute atomic E-state index is 0.0195. The fourth-order valence-electron chi connectivity index (χ4n) is 1.70. The van der Waals surface area contributed by atoms with E-state index in [2.05, 4.69) is 0 Å². The molecule has 2 rings (SSSR count). The molecule has 0 saturated heterocycles. The van der Waals surface area contributed by atoms with Gasteiger partial charge in [0.05, 0.1) is 6.10 Å². The summed E-state index contributed by atoms with van der Waals surface area (Å²) in [7, 11) is 0. The first kappa shape index (κ1) is 10.4. The van der Waals surface area contributed by atoms with Gasteiger partial charge in [0.25, 0.3) is 0 Å². The van der Waals surface area contributed by atoms with Gasteiger partial charge in [-0.05, 0) is 37.5 Å². The van der Waals surface area contributed by atoms with E-state index in [1.807, 2.05) is 19.1 Å². The highest BCUT2D eigenvalue weighted by Crippen LogP contribution is 2.50. The van der Waals surface area contributed by atoms with Crippen LogP contribution in [-0.2, 0) is 0 Å². The molecule has 0 amide bonds. The number of aliphatic hydroxyl groups is 1. The fourth-order valence-corrected chi connectivity index (χ4v) is 1.70. The second-order valence-electron chi connectivity index (χ2n) is 4.29. The quantitative estimate of drug-likeness (QED) is 0.806. The van der Waals surface area contributed by atoms with Crippen LogP contribution in [0.25, 0.3) is 6.08 Å². The monoisotopic (exact) mass is 206 g/mol. The molecule has 1 fully saturated rings. The van der Waals surface area contributed by atoms with Gasteiger partial charge in [0.1, 0.15) is 5.82 Å². The summed E-state index contributed by atoms with van der Waals surface area (Å²) in [5.74, 6) is -0.219. The van der Waals surface area contributed by atoms with E-state index in [-0.39, 0.29) is 17.3 Å². The molecule has 1 aromatic carbocycles.